The summed E-state index contributed by atoms with van der Waals surface area (Å²) in [4.78, 5) is 22.2. The molecular formula is C14H19N3O4. The Morgan fingerprint density at radius 2 is 2.33 bits per heavy atom. The van der Waals surface area contributed by atoms with Gasteiger partial charge in [-0.25, -0.2) is 0 Å². The molecule has 2 rings (SSSR count). The molecule has 1 atom stereocenters. The molecule has 1 aliphatic rings. The van der Waals surface area contributed by atoms with Crippen LogP contribution in [0.15, 0.2) is 18.2 Å². The van der Waals surface area contributed by atoms with Gasteiger partial charge in [0.15, 0.2) is 0 Å². The normalized spacial score (nSPS) is 18.0. The van der Waals surface area contributed by atoms with E-state index in [4.69, 9.17) is 4.74 Å². The quantitative estimate of drug-likeness (QED) is 0.637. The Morgan fingerprint density at radius 3 is 2.95 bits per heavy atom. The summed E-state index contributed by atoms with van der Waals surface area (Å²) in [7, 11) is 1.52. The Kier molecular flexibility index (Phi) is 5.10. The maximum atomic E-state index is 11.6. The van der Waals surface area contributed by atoms with Crippen LogP contribution in [0.2, 0.25) is 0 Å². The molecule has 1 amide bonds. The van der Waals surface area contributed by atoms with Crippen molar-refractivity contribution in [3.63, 3.8) is 0 Å². The molecule has 0 radical (unpaired) electrons. The number of ether oxygens (including phenoxy) is 1. The summed E-state index contributed by atoms with van der Waals surface area (Å²) < 4.78 is 5.39. The molecule has 1 saturated heterocycles. The van der Waals surface area contributed by atoms with Crippen molar-refractivity contribution in [1.29, 1.82) is 0 Å². The molecule has 1 fully saturated rings. The van der Waals surface area contributed by atoms with Gasteiger partial charge in [0.05, 0.1) is 11.5 Å². The molecule has 114 valence electrons. The molecule has 1 unspecified atom stereocenters. The zero-order chi connectivity index (χ0) is 15.2. The van der Waals surface area contributed by atoms with Crippen LogP contribution in [0.3, 0.4) is 0 Å². The Morgan fingerprint density at radius 1 is 1.52 bits per heavy atom. The topological polar surface area (TPSA) is 93.5 Å². The first-order valence-electron chi connectivity index (χ1n) is 6.94. The number of nitro benzene ring substituents is 1. The number of nitrogens with one attached hydrogen (secondary N) is 2. The zero-order valence-electron chi connectivity index (χ0n) is 11.9. The molecule has 2 N–H and O–H groups in total. The minimum atomic E-state index is -0.451. The van der Waals surface area contributed by atoms with Crippen LogP contribution >= 0.6 is 0 Å². The number of benzene rings is 1. The van der Waals surface area contributed by atoms with E-state index >= 15 is 0 Å². The van der Waals surface area contributed by atoms with Crippen LogP contribution in [0.25, 0.3) is 0 Å². The van der Waals surface area contributed by atoms with Crippen molar-refractivity contribution in [1.82, 2.24) is 5.32 Å². The van der Waals surface area contributed by atoms with E-state index in [2.05, 4.69) is 10.6 Å². The predicted molar refractivity (Wildman–Crippen MR) is 78.5 cm³/mol. The van der Waals surface area contributed by atoms with E-state index < -0.39 is 4.92 Å². The van der Waals surface area contributed by atoms with E-state index in [-0.39, 0.29) is 11.6 Å². The lowest BCUT2D eigenvalue weighted by Crippen LogP contribution is -2.24. The van der Waals surface area contributed by atoms with Gasteiger partial charge in [-0.05, 0) is 30.9 Å². The third kappa shape index (κ3) is 3.91. The molecule has 1 heterocycles. The molecule has 0 bridgehead atoms. The van der Waals surface area contributed by atoms with Crippen molar-refractivity contribution in [3.05, 3.63) is 33.9 Å². The number of carbonyl (C=O) groups excluding carboxylic acids is 1. The highest BCUT2D eigenvalue weighted by Crippen LogP contribution is 2.26. The fraction of sp³-hybridized carbons (Fsp3) is 0.500. The van der Waals surface area contributed by atoms with Crippen LogP contribution in [0.1, 0.15) is 23.2 Å². The molecule has 7 heteroatoms. The molecule has 1 aliphatic heterocycles. The molecule has 21 heavy (non-hydrogen) atoms. The average Bonchev–Trinajstić information content (AvgIpc) is 2.52. The molecule has 0 aromatic heterocycles. The number of rotatable bonds is 5. The van der Waals surface area contributed by atoms with E-state index in [9.17, 15) is 14.9 Å². The first-order chi connectivity index (χ1) is 10.1. The van der Waals surface area contributed by atoms with Crippen LogP contribution in [-0.2, 0) is 4.74 Å². The van der Waals surface area contributed by atoms with Crippen LogP contribution in [0.4, 0.5) is 11.4 Å². The number of hydrogen-bond acceptors (Lipinski definition) is 5. The van der Waals surface area contributed by atoms with E-state index in [1.165, 1.54) is 25.2 Å². The lowest BCUT2D eigenvalue weighted by atomic mass is 10.0. The third-order valence-electron chi connectivity index (χ3n) is 3.52. The van der Waals surface area contributed by atoms with Gasteiger partial charge in [-0.1, -0.05) is 0 Å². The first-order valence-corrected chi connectivity index (χ1v) is 6.94. The lowest BCUT2D eigenvalue weighted by molar-refractivity contribution is -0.384. The van der Waals surface area contributed by atoms with Crippen LogP contribution in [-0.4, -0.2) is 37.6 Å². The molecular weight excluding hydrogens is 274 g/mol. The summed E-state index contributed by atoms with van der Waals surface area (Å²) in [6, 6.07) is 4.32. The molecule has 0 saturated carbocycles. The summed E-state index contributed by atoms with van der Waals surface area (Å²) in [5.41, 5.74) is 0.733. The number of anilines is 1. The second kappa shape index (κ2) is 7.03. The van der Waals surface area contributed by atoms with E-state index in [1.807, 2.05) is 0 Å². The summed E-state index contributed by atoms with van der Waals surface area (Å²) in [6.07, 6.45) is 2.04. The van der Waals surface area contributed by atoms with Crippen molar-refractivity contribution in [2.24, 2.45) is 5.92 Å². The summed E-state index contributed by atoms with van der Waals surface area (Å²) in [6.45, 7) is 2.04. The minimum absolute atomic E-state index is 0.0284. The molecule has 1 aromatic carbocycles. The van der Waals surface area contributed by atoms with Crippen LogP contribution < -0.4 is 10.6 Å². The van der Waals surface area contributed by atoms with Gasteiger partial charge < -0.3 is 15.4 Å². The Hall–Kier alpha value is -2.15. The monoisotopic (exact) mass is 293 g/mol. The SMILES string of the molecule is CNC(=O)c1ccc([N+](=O)[O-])c(NCC2CCCOC2)c1. The zero-order valence-corrected chi connectivity index (χ0v) is 11.9. The molecule has 7 nitrogen and oxygen atoms in total. The van der Waals surface area contributed by atoms with E-state index in [1.54, 1.807) is 0 Å². The Balaban J connectivity index is 2.13. The van der Waals surface area contributed by atoms with Gasteiger partial charge in [0.25, 0.3) is 11.6 Å². The first kappa shape index (κ1) is 15.2. The van der Waals surface area contributed by atoms with E-state index in [0.29, 0.717) is 30.3 Å². The van der Waals surface area contributed by atoms with Gasteiger partial charge in [-0.3, -0.25) is 14.9 Å². The van der Waals surface area contributed by atoms with Crippen molar-refractivity contribution in [3.8, 4) is 0 Å². The third-order valence-corrected chi connectivity index (χ3v) is 3.52. The molecule has 0 spiro atoms. The van der Waals surface area contributed by atoms with Crippen molar-refractivity contribution >= 4 is 17.3 Å². The van der Waals surface area contributed by atoms with Crippen LogP contribution in [0, 0.1) is 16.0 Å². The summed E-state index contributed by atoms with van der Waals surface area (Å²) in [5, 5.41) is 16.7. The van der Waals surface area contributed by atoms with E-state index in [0.717, 1.165) is 19.4 Å². The fourth-order valence-electron chi connectivity index (χ4n) is 2.35. The maximum Gasteiger partial charge on any atom is 0.292 e. The highest BCUT2D eigenvalue weighted by Gasteiger charge is 2.19. The standard InChI is InChI=1S/C14H19N3O4/c1-15-14(18)11-4-5-13(17(19)20)12(7-11)16-8-10-3-2-6-21-9-10/h4-5,7,10,16H,2-3,6,8-9H2,1H3,(H,15,18). The van der Waals surface area contributed by atoms with Crippen molar-refractivity contribution in [2.45, 2.75) is 12.8 Å². The lowest BCUT2D eigenvalue weighted by Gasteiger charge is -2.22. The van der Waals surface area contributed by atoms with Gasteiger partial charge in [0, 0.05) is 31.8 Å². The highest BCUT2D eigenvalue weighted by atomic mass is 16.6. The fourth-order valence-corrected chi connectivity index (χ4v) is 2.35. The largest absolute Gasteiger partial charge is 0.381 e. The van der Waals surface area contributed by atoms with Crippen molar-refractivity contribution in [2.75, 3.05) is 32.1 Å². The number of nitro groups is 1. The smallest absolute Gasteiger partial charge is 0.292 e. The van der Waals surface area contributed by atoms with Gasteiger partial charge >= 0.3 is 0 Å². The second-order valence-electron chi connectivity index (χ2n) is 5.03. The van der Waals surface area contributed by atoms with Crippen LogP contribution in [0.5, 0.6) is 0 Å². The Labute approximate surface area is 122 Å². The second-order valence-corrected chi connectivity index (χ2v) is 5.03. The molecule has 0 aliphatic carbocycles. The predicted octanol–water partition coefficient (Wildman–Crippen LogP) is 1.79. The van der Waals surface area contributed by atoms with Gasteiger partial charge in [0.2, 0.25) is 0 Å². The number of amides is 1. The Bertz CT molecular complexity index is 527. The highest BCUT2D eigenvalue weighted by molar-refractivity contribution is 5.95. The number of carbonyl (C=O) groups is 1. The van der Waals surface area contributed by atoms with Crippen molar-refractivity contribution < 1.29 is 14.5 Å². The summed E-state index contributed by atoms with van der Waals surface area (Å²) in [5.74, 6) is 0.0657. The maximum absolute atomic E-state index is 11.6. The average molecular weight is 293 g/mol. The molecule has 1 aromatic rings. The minimum Gasteiger partial charge on any atom is -0.381 e. The number of nitrogens with zero attached hydrogens (tertiary/aromatic N) is 1. The number of hydrogen-bond donors (Lipinski definition) is 2. The van der Waals surface area contributed by atoms with Gasteiger partial charge in [0.1, 0.15) is 5.69 Å². The van der Waals surface area contributed by atoms with Gasteiger partial charge in [-0.2, -0.15) is 0 Å². The van der Waals surface area contributed by atoms with Gasteiger partial charge in [-0.15, -0.1) is 0 Å². The summed E-state index contributed by atoms with van der Waals surface area (Å²) >= 11 is 0.